The van der Waals surface area contributed by atoms with Crippen LogP contribution in [-0.4, -0.2) is 34.9 Å². The van der Waals surface area contributed by atoms with Crippen molar-refractivity contribution < 1.29 is 9.90 Å². The molecule has 1 aromatic carbocycles. The van der Waals surface area contributed by atoms with Crippen LogP contribution in [0.3, 0.4) is 0 Å². The summed E-state index contributed by atoms with van der Waals surface area (Å²) < 4.78 is 0. The molecule has 1 heterocycles. The molecule has 0 radical (unpaired) electrons. The number of nitrogens with zero attached hydrogens (tertiary/aromatic N) is 1. The van der Waals surface area contributed by atoms with Gasteiger partial charge in [-0.05, 0) is 73.2 Å². The Kier molecular flexibility index (Phi) is 3.76. The van der Waals surface area contributed by atoms with Crippen molar-refractivity contribution in [3.8, 4) is 5.75 Å². The van der Waals surface area contributed by atoms with E-state index in [4.69, 9.17) is 0 Å². The first-order valence-electron chi connectivity index (χ1n) is 10.6. The smallest absolute Gasteiger partial charge is 0.136 e. The Morgan fingerprint density at radius 1 is 1.27 bits per heavy atom. The molecule has 3 aliphatic carbocycles. The van der Waals surface area contributed by atoms with Crippen molar-refractivity contribution in [3.05, 3.63) is 29.3 Å². The summed E-state index contributed by atoms with van der Waals surface area (Å²) in [7, 11) is 0. The van der Waals surface area contributed by atoms with E-state index in [-0.39, 0.29) is 11.3 Å². The molecule has 2 unspecified atom stereocenters. The quantitative estimate of drug-likeness (QED) is 0.876. The Hall–Kier alpha value is -1.35. The van der Waals surface area contributed by atoms with Gasteiger partial charge in [-0.3, -0.25) is 9.69 Å². The average molecular weight is 354 g/mol. The summed E-state index contributed by atoms with van der Waals surface area (Å²) in [6.07, 6.45) is 7.02. The molecule has 1 saturated heterocycles. The highest BCUT2D eigenvalue weighted by atomic mass is 16.3. The molecule has 3 nitrogen and oxygen atoms in total. The Labute approximate surface area is 156 Å². The number of benzene rings is 1. The zero-order chi connectivity index (χ0) is 18.1. The second-order valence-corrected chi connectivity index (χ2v) is 9.63. The maximum atomic E-state index is 12.9. The summed E-state index contributed by atoms with van der Waals surface area (Å²) in [5.41, 5.74) is 2.61. The maximum absolute atomic E-state index is 12.9. The molecule has 0 aromatic heterocycles. The van der Waals surface area contributed by atoms with E-state index < -0.39 is 0 Å². The van der Waals surface area contributed by atoms with E-state index in [9.17, 15) is 9.90 Å². The monoisotopic (exact) mass is 353 g/mol. The van der Waals surface area contributed by atoms with Crippen LogP contribution >= 0.6 is 0 Å². The lowest BCUT2D eigenvalue weighted by Crippen LogP contribution is -2.65. The molecule has 2 saturated carbocycles. The molecule has 3 fully saturated rings. The van der Waals surface area contributed by atoms with Crippen molar-refractivity contribution in [2.75, 3.05) is 13.1 Å². The van der Waals surface area contributed by atoms with Crippen LogP contribution in [0.2, 0.25) is 0 Å². The highest BCUT2D eigenvalue weighted by molar-refractivity contribution is 5.84. The predicted molar refractivity (Wildman–Crippen MR) is 102 cm³/mol. The average Bonchev–Trinajstić information content (AvgIpc) is 2.58. The van der Waals surface area contributed by atoms with Crippen molar-refractivity contribution in [1.29, 1.82) is 0 Å². The normalized spacial score (nSPS) is 39.8. The Morgan fingerprint density at radius 3 is 2.81 bits per heavy atom. The van der Waals surface area contributed by atoms with E-state index in [1.807, 2.05) is 12.1 Å². The van der Waals surface area contributed by atoms with Gasteiger partial charge in [0.15, 0.2) is 0 Å². The van der Waals surface area contributed by atoms with Gasteiger partial charge in [-0.15, -0.1) is 0 Å². The number of carbonyl (C=O) groups is 1. The van der Waals surface area contributed by atoms with Gasteiger partial charge in [0.05, 0.1) is 0 Å². The molecule has 1 aromatic rings. The van der Waals surface area contributed by atoms with E-state index in [2.05, 4.69) is 24.8 Å². The minimum Gasteiger partial charge on any atom is -0.508 e. The van der Waals surface area contributed by atoms with E-state index in [0.29, 0.717) is 35.8 Å². The van der Waals surface area contributed by atoms with Gasteiger partial charge in [0.2, 0.25) is 0 Å². The molecular formula is C23H31NO2. The molecule has 1 N–H and O–H groups in total. The summed E-state index contributed by atoms with van der Waals surface area (Å²) in [5, 5.41) is 10.2. The second kappa shape index (κ2) is 5.82. The van der Waals surface area contributed by atoms with Crippen LogP contribution < -0.4 is 0 Å². The number of rotatable bonds is 2. The van der Waals surface area contributed by atoms with Crippen LogP contribution in [0, 0.1) is 23.7 Å². The molecule has 0 amide bonds. The number of piperidine rings is 1. The zero-order valence-corrected chi connectivity index (χ0v) is 16.1. The summed E-state index contributed by atoms with van der Waals surface area (Å²) >= 11 is 0. The number of phenolic OH excluding ortho intramolecular Hbond substituents is 1. The maximum Gasteiger partial charge on any atom is 0.136 e. The third-order valence-corrected chi connectivity index (χ3v) is 8.50. The number of hydrogen-bond acceptors (Lipinski definition) is 3. The van der Waals surface area contributed by atoms with Crippen molar-refractivity contribution in [3.63, 3.8) is 0 Å². The molecule has 1 aliphatic heterocycles. The van der Waals surface area contributed by atoms with Gasteiger partial charge < -0.3 is 5.11 Å². The number of likely N-dealkylation sites (tertiary alicyclic amines) is 1. The molecule has 0 spiro atoms. The number of carbonyl (C=O) groups excluding carboxylic acids is 1. The summed E-state index contributed by atoms with van der Waals surface area (Å²) in [6, 6.07) is 6.50. The first-order valence-corrected chi connectivity index (χ1v) is 10.6. The number of phenols is 1. The van der Waals surface area contributed by atoms with E-state index in [1.54, 1.807) is 0 Å². The van der Waals surface area contributed by atoms with Crippen LogP contribution in [-0.2, 0) is 16.6 Å². The van der Waals surface area contributed by atoms with Gasteiger partial charge in [-0.1, -0.05) is 26.3 Å². The summed E-state index contributed by atoms with van der Waals surface area (Å²) in [6.45, 7) is 6.82. The minimum absolute atomic E-state index is 0.0455. The number of ketones is 1. The molecule has 5 rings (SSSR count). The first kappa shape index (κ1) is 16.8. The number of Topliss-reactive ketones (excluding diaryl/α,β-unsaturated/α-hetero) is 1. The fourth-order valence-corrected chi connectivity index (χ4v) is 6.74. The third-order valence-electron chi connectivity index (χ3n) is 8.50. The van der Waals surface area contributed by atoms with Gasteiger partial charge in [0, 0.05) is 30.3 Å². The zero-order valence-electron chi connectivity index (χ0n) is 16.1. The molecular weight excluding hydrogens is 322 g/mol. The Morgan fingerprint density at radius 2 is 2.08 bits per heavy atom. The van der Waals surface area contributed by atoms with Gasteiger partial charge in [0.25, 0.3) is 0 Å². The van der Waals surface area contributed by atoms with Crippen LogP contribution in [0.4, 0.5) is 0 Å². The van der Waals surface area contributed by atoms with Crippen LogP contribution in [0.25, 0.3) is 0 Å². The van der Waals surface area contributed by atoms with Crippen LogP contribution in [0.5, 0.6) is 5.75 Å². The summed E-state index contributed by atoms with van der Waals surface area (Å²) in [5.74, 6) is 2.79. The number of hydrogen-bond donors (Lipinski definition) is 1. The summed E-state index contributed by atoms with van der Waals surface area (Å²) in [4.78, 5) is 15.7. The van der Waals surface area contributed by atoms with Gasteiger partial charge in [0.1, 0.15) is 11.5 Å². The van der Waals surface area contributed by atoms with E-state index in [1.165, 1.54) is 36.9 Å². The first-order chi connectivity index (χ1) is 12.5. The SMILES string of the molecule is C[C@@H]1[C@@H](C)C(=O)CC23CCN(CC4CCC4)C(Cc4ccc(O)cc42)[C@@H]13. The van der Waals surface area contributed by atoms with Crippen molar-refractivity contribution in [2.45, 2.75) is 63.8 Å². The van der Waals surface area contributed by atoms with Gasteiger partial charge in [-0.2, -0.15) is 0 Å². The molecule has 26 heavy (non-hydrogen) atoms. The lowest BCUT2D eigenvalue weighted by Gasteiger charge is -2.62. The fraction of sp³-hybridized carbons (Fsp3) is 0.696. The highest BCUT2D eigenvalue weighted by Gasteiger charge is 2.59. The predicted octanol–water partition coefficient (Wildman–Crippen LogP) is 3.92. The topological polar surface area (TPSA) is 40.5 Å². The molecule has 2 bridgehead atoms. The molecule has 3 heteroatoms. The van der Waals surface area contributed by atoms with Crippen molar-refractivity contribution in [2.24, 2.45) is 23.7 Å². The lowest BCUT2D eigenvalue weighted by atomic mass is 9.47. The van der Waals surface area contributed by atoms with Crippen molar-refractivity contribution in [1.82, 2.24) is 4.90 Å². The lowest BCUT2D eigenvalue weighted by molar-refractivity contribution is -0.138. The largest absolute Gasteiger partial charge is 0.508 e. The minimum atomic E-state index is -0.0455. The highest BCUT2D eigenvalue weighted by Crippen LogP contribution is 2.58. The van der Waals surface area contributed by atoms with Crippen LogP contribution in [0.1, 0.15) is 57.1 Å². The fourth-order valence-electron chi connectivity index (χ4n) is 6.74. The van der Waals surface area contributed by atoms with E-state index in [0.717, 1.165) is 25.3 Å². The second-order valence-electron chi connectivity index (χ2n) is 9.63. The Bertz CT molecular complexity index is 740. The molecule has 4 aliphatic rings. The number of aromatic hydroxyl groups is 1. The number of fused-ring (bicyclic) bond motifs is 1. The van der Waals surface area contributed by atoms with Gasteiger partial charge in [-0.25, -0.2) is 0 Å². The molecule has 140 valence electrons. The third kappa shape index (κ3) is 2.25. The molecule has 5 atom stereocenters. The van der Waals surface area contributed by atoms with Crippen molar-refractivity contribution >= 4 is 5.78 Å². The standard InChI is InChI=1S/C23H31NO2/c1-14-15(2)22-20-10-17-6-7-18(25)11-19(17)23(22,12-21(14)26)8-9-24(20)13-16-4-3-5-16/h6-7,11,14-16,20,22,25H,3-5,8-10,12-13H2,1-2H3/t14-,15-,20?,22-,23?/m1/s1. The van der Waals surface area contributed by atoms with Gasteiger partial charge >= 0.3 is 0 Å². The van der Waals surface area contributed by atoms with E-state index >= 15 is 0 Å². The van der Waals surface area contributed by atoms with Crippen LogP contribution in [0.15, 0.2) is 18.2 Å². The Balaban J connectivity index is 1.60.